The van der Waals surface area contributed by atoms with E-state index in [1.807, 2.05) is 43.9 Å². The zero-order valence-corrected chi connectivity index (χ0v) is 13.5. The molecule has 4 nitrogen and oxygen atoms in total. The number of amides is 1. The molecule has 2 unspecified atom stereocenters. The van der Waals surface area contributed by atoms with Crippen molar-refractivity contribution in [1.82, 2.24) is 4.90 Å². The molecule has 0 aromatic heterocycles. The molecular weight excluding hydrogens is 278 g/mol. The standard InChI is InChI=1S/C18H23NO3/c1-17(2,3)22-16(21)19-9-8-18(10-14(18)11-19)15-7-5-4-6-13(15)12-20/h4-7,12,14H,8-11H2,1-3H3. The van der Waals surface area contributed by atoms with Crippen molar-refractivity contribution >= 4 is 12.4 Å². The predicted octanol–water partition coefficient (Wildman–Crippen LogP) is 3.40. The van der Waals surface area contributed by atoms with Crippen molar-refractivity contribution in [2.75, 3.05) is 13.1 Å². The Morgan fingerprint density at radius 2 is 2.09 bits per heavy atom. The Morgan fingerprint density at radius 1 is 1.36 bits per heavy atom. The SMILES string of the molecule is CC(C)(C)OC(=O)N1CCC2(c3ccccc3C=O)CC2C1. The molecule has 0 radical (unpaired) electrons. The van der Waals surface area contributed by atoms with Crippen molar-refractivity contribution in [3.8, 4) is 0 Å². The number of carbonyl (C=O) groups is 2. The number of aldehydes is 1. The van der Waals surface area contributed by atoms with Crippen molar-refractivity contribution in [3.63, 3.8) is 0 Å². The van der Waals surface area contributed by atoms with Crippen molar-refractivity contribution in [1.29, 1.82) is 0 Å². The number of nitrogens with zero attached hydrogens (tertiary/aromatic N) is 1. The topological polar surface area (TPSA) is 46.6 Å². The third-order valence-electron chi connectivity index (χ3n) is 4.78. The summed E-state index contributed by atoms with van der Waals surface area (Å²) in [6.45, 7) is 7.07. The van der Waals surface area contributed by atoms with E-state index in [1.54, 1.807) is 0 Å². The molecule has 0 bridgehead atoms. The van der Waals surface area contributed by atoms with E-state index in [-0.39, 0.29) is 11.5 Å². The number of fused-ring (bicyclic) bond motifs is 1. The zero-order chi connectivity index (χ0) is 16.0. The van der Waals surface area contributed by atoms with Crippen LogP contribution in [-0.4, -0.2) is 36.0 Å². The van der Waals surface area contributed by atoms with Gasteiger partial charge in [0.2, 0.25) is 0 Å². The van der Waals surface area contributed by atoms with Crippen molar-refractivity contribution in [2.24, 2.45) is 5.92 Å². The van der Waals surface area contributed by atoms with Gasteiger partial charge in [0.15, 0.2) is 0 Å². The van der Waals surface area contributed by atoms with Crippen LogP contribution in [0.5, 0.6) is 0 Å². The minimum atomic E-state index is -0.459. The summed E-state index contributed by atoms with van der Waals surface area (Å²) < 4.78 is 5.46. The summed E-state index contributed by atoms with van der Waals surface area (Å²) in [5, 5.41) is 0. The molecule has 0 spiro atoms. The first kappa shape index (κ1) is 15.1. The highest BCUT2D eigenvalue weighted by atomic mass is 16.6. The van der Waals surface area contributed by atoms with Crippen LogP contribution in [0.3, 0.4) is 0 Å². The van der Waals surface area contributed by atoms with Gasteiger partial charge in [-0.25, -0.2) is 4.79 Å². The molecule has 118 valence electrons. The normalized spacial score (nSPS) is 27.0. The van der Waals surface area contributed by atoms with Gasteiger partial charge in [-0.2, -0.15) is 0 Å². The highest BCUT2D eigenvalue weighted by Gasteiger charge is 2.58. The van der Waals surface area contributed by atoms with Crippen LogP contribution in [-0.2, 0) is 10.2 Å². The molecule has 1 aliphatic carbocycles. The van der Waals surface area contributed by atoms with Gasteiger partial charge in [0.05, 0.1) is 0 Å². The maximum Gasteiger partial charge on any atom is 0.410 e. The number of hydrogen-bond donors (Lipinski definition) is 0. The number of rotatable bonds is 2. The summed E-state index contributed by atoms with van der Waals surface area (Å²) in [4.78, 5) is 25.3. The van der Waals surface area contributed by atoms with Gasteiger partial charge in [-0.1, -0.05) is 24.3 Å². The van der Waals surface area contributed by atoms with Crippen LogP contribution in [0.4, 0.5) is 4.79 Å². The minimum Gasteiger partial charge on any atom is -0.444 e. The first-order valence-corrected chi connectivity index (χ1v) is 7.88. The summed E-state index contributed by atoms with van der Waals surface area (Å²) in [7, 11) is 0. The lowest BCUT2D eigenvalue weighted by atomic mass is 9.84. The van der Waals surface area contributed by atoms with Gasteiger partial charge < -0.3 is 9.64 Å². The van der Waals surface area contributed by atoms with Crippen molar-refractivity contribution in [2.45, 2.75) is 44.6 Å². The molecule has 1 saturated carbocycles. The Hall–Kier alpha value is -1.84. The molecule has 2 aliphatic rings. The van der Waals surface area contributed by atoms with E-state index in [0.29, 0.717) is 12.5 Å². The van der Waals surface area contributed by atoms with Gasteiger partial charge in [-0.15, -0.1) is 0 Å². The molecule has 0 N–H and O–H groups in total. The Labute approximate surface area is 131 Å². The molecule has 2 fully saturated rings. The number of likely N-dealkylation sites (tertiary alicyclic amines) is 1. The lowest BCUT2D eigenvalue weighted by molar-refractivity contribution is 0.0198. The van der Waals surface area contributed by atoms with Crippen LogP contribution in [0.25, 0.3) is 0 Å². The Morgan fingerprint density at radius 3 is 2.73 bits per heavy atom. The van der Waals surface area contributed by atoms with E-state index < -0.39 is 5.60 Å². The van der Waals surface area contributed by atoms with E-state index in [0.717, 1.165) is 36.8 Å². The second-order valence-corrected chi connectivity index (χ2v) is 7.44. The fourth-order valence-corrected chi connectivity index (χ4v) is 3.63. The zero-order valence-electron chi connectivity index (χ0n) is 13.5. The Bertz CT molecular complexity index is 605. The highest BCUT2D eigenvalue weighted by Crippen LogP contribution is 2.59. The molecule has 1 aromatic rings. The molecule has 3 rings (SSSR count). The summed E-state index contributed by atoms with van der Waals surface area (Å²) in [6, 6.07) is 7.84. The summed E-state index contributed by atoms with van der Waals surface area (Å²) in [5.41, 5.74) is 1.57. The van der Waals surface area contributed by atoms with Crippen LogP contribution >= 0.6 is 0 Å². The van der Waals surface area contributed by atoms with Gasteiger partial charge in [0, 0.05) is 24.1 Å². The van der Waals surface area contributed by atoms with Gasteiger partial charge in [-0.3, -0.25) is 4.79 Å². The fourth-order valence-electron chi connectivity index (χ4n) is 3.63. The molecule has 1 amide bonds. The van der Waals surface area contributed by atoms with Crippen LogP contribution in [0, 0.1) is 5.92 Å². The maximum atomic E-state index is 12.2. The smallest absolute Gasteiger partial charge is 0.410 e. The number of piperidine rings is 1. The quantitative estimate of drug-likeness (QED) is 0.787. The lowest BCUT2D eigenvalue weighted by Gasteiger charge is -2.33. The first-order valence-electron chi connectivity index (χ1n) is 7.88. The van der Waals surface area contributed by atoms with E-state index >= 15 is 0 Å². The second-order valence-electron chi connectivity index (χ2n) is 7.44. The number of benzene rings is 1. The van der Waals surface area contributed by atoms with Gasteiger partial charge in [-0.05, 0) is 45.1 Å². The summed E-state index contributed by atoms with van der Waals surface area (Å²) in [6.07, 6.45) is 2.68. The van der Waals surface area contributed by atoms with Gasteiger partial charge >= 0.3 is 6.09 Å². The Kier molecular flexibility index (Phi) is 3.50. The fraction of sp³-hybridized carbons (Fsp3) is 0.556. The third-order valence-corrected chi connectivity index (χ3v) is 4.78. The minimum absolute atomic E-state index is 0.0933. The van der Waals surface area contributed by atoms with Crippen molar-refractivity contribution in [3.05, 3.63) is 35.4 Å². The number of ether oxygens (including phenoxy) is 1. The van der Waals surface area contributed by atoms with Crippen LogP contribution in [0.2, 0.25) is 0 Å². The van der Waals surface area contributed by atoms with E-state index in [9.17, 15) is 9.59 Å². The van der Waals surface area contributed by atoms with E-state index in [2.05, 4.69) is 6.07 Å². The number of hydrogen-bond acceptors (Lipinski definition) is 3. The lowest BCUT2D eigenvalue weighted by Crippen LogP contribution is -2.43. The average Bonchev–Trinajstić information content (AvgIpc) is 3.20. The maximum absolute atomic E-state index is 12.2. The van der Waals surface area contributed by atoms with E-state index in [1.165, 1.54) is 0 Å². The first-order chi connectivity index (χ1) is 10.4. The molecule has 22 heavy (non-hydrogen) atoms. The van der Waals surface area contributed by atoms with Crippen molar-refractivity contribution < 1.29 is 14.3 Å². The summed E-state index contributed by atoms with van der Waals surface area (Å²) >= 11 is 0. The average molecular weight is 301 g/mol. The van der Waals surface area contributed by atoms with Crippen LogP contribution in [0.15, 0.2) is 24.3 Å². The molecule has 4 heteroatoms. The highest BCUT2D eigenvalue weighted by molar-refractivity contribution is 5.78. The van der Waals surface area contributed by atoms with Gasteiger partial charge in [0.25, 0.3) is 0 Å². The van der Waals surface area contributed by atoms with E-state index in [4.69, 9.17) is 4.74 Å². The van der Waals surface area contributed by atoms with Gasteiger partial charge in [0.1, 0.15) is 11.9 Å². The Balaban J connectivity index is 1.72. The molecular formula is C18H23NO3. The third kappa shape index (κ3) is 2.62. The molecule has 1 aromatic carbocycles. The molecule has 1 saturated heterocycles. The predicted molar refractivity (Wildman–Crippen MR) is 84.0 cm³/mol. The van der Waals surface area contributed by atoms with Crippen LogP contribution < -0.4 is 0 Å². The monoisotopic (exact) mass is 301 g/mol. The molecule has 2 atom stereocenters. The molecule has 1 aliphatic heterocycles. The number of carbonyl (C=O) groups excluding carboxylic acids is 2. The second kappa shape index (κ2) is 5.11. The van der Waals surface area contributed by atoms with Crippen LogP contribution in [0.1, 0.15) is 49.5 Å². The summed E-state index contributed by atoms with van der Waals surface area (Å²) in [5.74, 6) is 0.440. The molecule has 1 heterocycles. The largest absolute Gasteiger partial charge is 0.444 e.